The van der Waals surface area contributed by atoms with E-state index in [4.69, 9.17) is 16.2 Å². The van der Waals surface area contributed by atoms with Gasteiger partial charge >= 0.3 is 0 Å². The normalized spacial score (nSPS) is 14.9. The van der Waals surface area contributed by atoms with E-state index in [2.05, 4.69) is 42.7 Å². The topological polar surface area (TPSA) is 113 Å². The molecule has 9 heteroatoms. The summed E-state index contributed by atoms with van der Waals surface area (Å²) in [6, 6.07) is 28.7. The zero-order valence-corrected chi connectivity index (χ0v) is 29.0. The van der Waals surface area contributed by atoms with Gasteiger partial charge in [-0.2, -0.15) is 8.42 Å². The summed E-state index contributed by atoms with van der Waals surface area (Å²) in [4.78, 5) is 26.4. The molecule has 4 aromatic rings. The number of halogens is 1. The van der Waals surface area contributed by atoms with Crippen molar-refractivity contribution in [2.75, 3.05) is 17.6 Å². The van der Waals surface area contributed by atoms with Crippen LogP contribution < -0.4 is 10.6 Å². The van der Waals surface area contributed by atoms with Gasteiger partial charge in [-0.3, -0.25) is 14.1 Å². The molecule has 250 valence electrons. The monoisotopic (exact) mass is 684 g/mol. The molecule has 0 saturated carbocycles. The van der Waals surface area contributed by atoms with Crippen LogP contribution >= 0.6 is 11.6 Å². The minimum Gasteiger partial charge on any atom is -0.351 e. The number of carbonyl (C=O) groups is 2. The van der Waals surface area contributed by atoms with E-state index < -0.39 is 27.7 Å². The number of nitrogens with one attached hydrogen (secondary N) is 2. The van der Waals surface area contributed by atoms with Crippen LogP contribution in [0.5, 0.6) is 0 Å². The Morgan fingerprint density at radius 1 is 0.917 bits per heavy atom. The number of amides is 2. The van der Waals surface area contributed by atoms with Crippen LogP contribution in [-0.4, -0.2) is 37.1 Å². The van der Waals surface area contributed by atoms with Crippen LogP contribution in [0, 0.1) is 12.3 Å². The Labute approximate surface area is 288 Å². The molecule has 0 radical (unpaired) electrons. The number of anilines is 1. The SMILES string of the molecule is Cc1cc(Cl)ccc1-c1ccc(NC(=O)[C@H](Cc2ccc(C(=O)NCCS(=O)(=O)O)cc2)c2ccc(C3=CCC(C)(C)CC3)cc2)cc1. The second-order valence-electron chi connectivity index (χ2n) is 13.2. The van der Waals surface area contributed by atoms with Gasteiger partial charge in [0, 0.05) is 22.8 Å². The van der Waals surface area contributed by atoms with Gasteiger partial charge in [0.1, 0.15) is 0 Å². The first-order chi connectivity index (χ1) is 22.8. The summed E-state index contributed by atoms with van der Waals surface area (Å²) in [7, 11) is -4.17. The second-order valence-corrected chi connectivity index (χ2v) is 15.2. The molecule has 7 nitrogen and oxygen atoms in total. The first kappa shape index (κ1) is 35.1. The van der Waals surface area contributed by atoms with E-state index in [9.17, 15) is 18.0 Å². The maximum absolute atomic E-state index is 13.9. The molecule has 4 aromatic carbocycles. The summed E-state index contributed by atoms with van der Waals surface area (Å²) in [5, 5.41) is 6.29. The van der Waals surface area contributed by atoms with Crippen molar-refractivity contribution in [2.24, 2.45) is 5.41 Å². The molecule has 0 heterocycles. The summed E-state index contributed by atoms with van der Waals surface area (Å²) in [5.74, 6) is -1.67. The van der Waals surface area contributed by atoms with Gasteiger partial charge in [0.2, 0.25) is 5.91 Å². The van der Waals surface area contributed by atoms with E-state index in [0.717, 1.165) is 47.1 Å². The Morgan fingerprint density at radius 3 is 2.19 bits per heavy atom. The lowest BCUT2D eigenvalue weighted by Gasteiger charge is -2.28. The Kier molecular flexibility index (Phi) is 10.9. The average Bonchev–Trinajstić information content (AvgIpc) is 3.04. The van der Waals surface area contributed by atoms with Crippen molar-refractivity contribution in [3.63, 3.8) is 0 Å². The van der Waals surface area contributed by atoms with Crippen molar-refractivity contribution in [2.45, 2.75) is 52.4 Å². The van der Waals surface area contributed by atoms with Crippen LogP contribution in [0.25, 0.3) is 16.7 Å². The average molecular weight is 685 g/mol. The van der Waals surface area contributed by atoms with Crippen LogP contribution in [0.3, 0.4) is 0 Å². The van der Waals surface area contributed by atoms with Crippen molar-refractivity contribution in [3.8, 4) is 11.1 Å². The fraction of sp³-hybridized carbons (Fsp3) is 0.282. The number of allylic oxidation sites excluding steroid dienone is 2. The van der Waals surface area contributed by atoms with Crippen LogP contribution in [0.15, 0.2) is 97.1 Å². The number of benzene rings is 4. The Bertz CT molecular complexity index is 1920. The molecule has 48 heavy (non-hydrogen) atoms. The predicted octanol–water partition coefficient (Wildman–Crippen LogP) is 8.49. The van der Waals surface area contributed by atoms with Gasteiger partial charge < -0.3 is 10.6 Å². The molecule has 1 atom stereocenters. The standard InChI is InChI=1S/C39H41ClN2O5S/c1-26-24-33(40)14-17-35(26)30-12-15-34(16-13-30)42-38(44)36(31-10-8-28(9-11-31)29-18-20-39(2,3)21-19-29)25-27-4-6-32(7-5-27)37(43)41-22-23-48(45,46)47/h4-18,24,36H,19-23,25H2,1-3H3,(H,41,43)(H,42,44)(H,45,46,47)/t36-/m1/s1. The molecule has 0 aliphatic heterocycles. The van der Waals surface area contributed by atoms with Gasteiger partial charge in [-0.15, -0.1) is 0 Å². The van der Waals surface area contributed by atoms with E-state index in [0.29, 0.717) is 28.1 Å². The van der Waals surface area contributed by atoms with E-state index >= 15 is 0 Å². The number of hydrogen-bond donors (Lipinski definition) is 3. The van der Waals surface area contributed by atoms with Crippen LogP contribution in [0.2, 0.25) is 5.02 Å². The van der Waals surface area contributed by atoms with Gasteiger partial charge in [0.05, 0.1) is 11.7 Å². The molecule has 0 aromatic heterocycles. The fourth-order valence-corrected chi connectivity index (χ4v) is 6.55. The lowest BCUT2D eigenvalue weighted by molar-refractivity contribution is -0.117. The molecule has 0 spiro atoms. The quantitative estimate of drug-likeness (QED) is 0.137. The van der Waals surface area contributed by atoms with Crippen molar-refractivity contribution in [1.82, 2.24) is 5.32 Å². The lowest BCUT2D eigenvalue weighted by atomic mass is 9.77. The maximum Gasteiger partial charge on any atom is 0.266 e. The molecule has 5 rings (SSSR count). The summed E-state index contributed by atoms with van der Waals surface area (Å²) >= 11 is 6.14. The highest BCUT2D eigenvalue weighted by molar-refractivity contribution is 7.85. The van der Waals surface area contributed by atoms with E-state index in [1.165, 1.54) is 11.1 Å². The lowest BCUT2D eigenvalue weighted by Crippen LogP contribution is -2.28. The largest absolute Gasteiger partial charge is 0.351 e. The maximum atomic E-state index is 13.9. The Balaban J connectivity index is 1.35. The van der Waals surface area contributed by atoms with Gasteiger partial charge in [-0.05, 0) is 113 Å². The summed E-state index contributed by atoms with van der Waals surface area (Å²) in [6.07, 6.45) is 5.93. The highest BCUT2D eigenvalue weighted by Crippen LogP contribution is 2.38. The first-order valence-corrected chi connectivity index (χ1v) is 18.0. The first-order valence-electron chi connectivity index (χ1n) is 16.1. The summed E-state index contributed by atoms with van der Waals surface area (Å²) in [6.45, 7) is 6.40. The van der Waals surface area contributed by atoms with Gasteiger partial charge in [-0.25, -0.2) is 0 Å². The molecule has 0 unspecified atom stereocenters. The van der Waals surface area contributed by atoms with Gasteiger partial charge in [-0.1, -0.05) is 86.1 Å². The molecule has 2 amide bonds. The van der Waals surface area contributed by atoms with Crippen molar-refractivity contribution >= 4 is 44.8 Å². The third-order valence-electron chi connectivity index (χ3n) is 8.93. The van der Waals surface area contributed by atoms with Crippen LogP contribution in [0.4, 0.5) is 5.69 Å². The molecular formula is C39H41ClN2O5S. The number of carbonyl (C=O) groups excluding carboxylic acids is 2. The van der Waals surface area contributed by atoms with Crippen molar-refractivity contribution < 1.29 is 22.6 Å². The van der Waals surface area contributed by atoms with Gasteiger partial charge in [0.15, 0.2) is 0 Å². The van der Waals surface area contributed by atoms with Crippen molar-refractivity contribution in [1.29, 1.82) is 0 Å². The van der Waals surface area contributed by atoms with Crippen LogP contribution in [-0.2, 0) is 21.3 Å². The Morgan fingerprint density at radius 2 is 1.58 bits per heavy atom. The van der Waals surface area contributed by atoms with Gasteiger partial charge in [0.25, 0.3) is 16.0 Å². The fourth-order valence-electron chi connectivity index (χ4n) is 5.97. The zero-order chi connectivity index (χ0) is 34.5. The Hall–Kier alpha value is -4.24. The molecule has 1 aliphatic rings. The number of aryl methyl sites for hydroxylation is 1. The summed E-state index contributed by atoms with van der Waals surface area (Å²) in [5.41, 5.74) is 8.76. The molecule has 3 N–H and O–H groups in total. The van der Waals surface area contributed by atoms with Crippen molar-refractivity contribution in [3.05, 3.63) is 130 Å². The number of hydrogen-bond acceptors (Lipinski definition) is 4. The molecule has 1 aliphatic carbocycles. The molecular weight excluding hydrogens is 644 g/mol. The second kappa shape index (κ2) is 14.9. The summed E-state index contributed by atoms with van der Waals surface area (Å²) < 4.78 is 30.8. The minimum absolute atomic E-state index is 0.149. The van der Waals surface area contributed by atoms with E-state index in [-0.39, 0.29) is 12.5 Å². The minimum atomic E-state index is -4.17. The molecule has 0 bridgehead atoms. The third kappa shape index (κ3) is 9.43. The molecule has 0 fully saturated rings. The number of rotatable bonds is 11. The highest BCUT2D eigenvalue weighted by atomic mass is 35.5. The zero-order valence-electron chi connectivity index (χ0n) is 27.4. The third-order valence-corrected chi connectivity index (χ3v) is 9.88. The van der Waals surface area contributed by atoms with Crippen LogP contribution in [0.1, 0.15) is 71.6 Å². The highest BCUT2D eigenvalue weighted by Gasteiger charge is 2.24. The predicted molar refractivity (Wildman–Crippen MR) is 194 cm³/mol. The molecule has 0 saturated heterocycles. The smallest absolute Gasteiger partial charge is 0.266 e. The van der Waals surface area contributed by atoms with E-state index in [1.54, 1.807) is 24.3 Å². The van der Waals surface area contributed by atoms with E-state index in [1.807, 2.05) is 61.5 Å².